The lowest BCUT2D eigenvalue weighted by molar-refractivity contribution is 0.0516. The topological polar surface area (TPSA) is 73.2 Å². The Bertz CT molecular complexity index is 1120. The average molecular weight is 436 g/mol. The van der Waals surface area contributed by atoms with E-state index in [1.807, 2.05) is 24.3 Å². The summed E-state index contributed by atoms with van der Waals surface area (Å²) in [5, 5.41) is 3.56. The largest absolute Gasteiger partial charge is 0.461 e. The van der Waals surface area contributed by atoms with Gasteiger partial charge in [0.1, 0.15) is 0 Å². The smallest absolute Gasteiger partial charge is 0.362 e. The molecule has 1 aliphatic carbocycles. The molecule has 1 unspecified atom stereocenters. The van der Waals surface area contributed by atoms with Gasteiger partial charge in [0.2, 0.25) is 5.69 Å². The molecule has 32 heavy (non-hydrogen) atoms. The Morgan fingerprint density at radius 3 is 2.62 bits per heavy atom. The molecule has 0 aliphatic heterocycles. The van der Waals surface area contributed by atoms with Crippen molar-refractivity contribution in [2.75, 3.05) is 13.2 Å². The van der Waals surface area contributed by atoms with Crippen LogP contribution >= 0.6 is 0 Å². The van der Waals surface area contributed by atoms with Crippen molar-refractivity contribution in [3.8, 4) is 11.8 Å². The number of carbonyl (C=O) groups excluding carboxylic acids is 1. The van der Waals surface area contributed by atoms with Crippen LogP contribution in [0.3, 0.4) is 0 Å². The Labute approximate surface area is 190 Å². The number of hydrogen-bond acceptors (Lipinski definition) is 5. The van der Waals surface area contributed by atoms with Gasteiger partial charge in [0.25, 0.3) is 5.56 Å². The monoisotopic (exact) mass is 435 g/mol. The van der Waals surface area contributed by atoms with E-state index in [0.29, 0.717) is 17.4 Å². The minimum Gasteiger partial charge on any atom is -0.461 e. The number of ether oxygens (including phenoxy) is 1. The molecule has 3 rings (SSSR count). The summed E-state index contributed by atoms with van der Waals surface area (Å²) >= 11 is 0. The van der Waals surface area contributed by atoms with Crippen LogP contribution in [0.25, 0.3) is 11.0 Å². The zero-order valence-electron chi connectivity index (χ0n) is 19.6. The molecule has 1 aromatic carbocycles. The first-order valence-electron chi connectivity index (χ1n) is 11.4. The maximum Gasteiger partial charge on any atom is 0.362 e. The second-order valence-corrected chi connectivity index (χ2v) is 8.74. The molecule has 1 N–H and O–H groups in total. The summed E-state index contributed by atoms with van der Waals surface area (Å²) < 4.78 is 6.78. The number of hydrogen-bond donors (Lipinski definition) is 1. The molecule has 2 aromatic rings. The zero-order valence-corrected chi connectivity index (χ0v) is 19.6. The van der Waals surface area contributed by atoms with Crippen LogP contribution in [-0.2, 0) is 4.74 Å². The van der Waals surface area contributed by atoms with Crippen molar-refractivity contribution in [3.63, 3.8) is 0 Å². The molecule has 6 heteroatoms. The number of esters is 1. The fourth-order valence-electron chi connectivity index (χ4n) is 3.81. The van der Waals surface area contributed by atoms with Crippen LogP contribution in [0.4, 0.5) is 0 Å². The van der Waals surface area contributed by atoms with Crippen molar-refractivity contribution >= 4 is 17.0 Å². The SMILES string of the molecule is CCOC(=O)c1nc2ccccc2n([C@@H]2CC=C2CCNC(C#CC(C)C)C(C)C)c1=O. The number of aromatic nitrogens is 2. The molecule has 1 heterocycles. The summed E-state index contributed by atoms with van der Waals surface area (Å²) in [6.45, 7) is 11.2. The van der Waals surface area contributed by atoms with E-state index in [0.717, 1.165) is 24.9 Å². The predicted molar refractivity (Wildman–Crippen MR) is 128 cm³/mol. The number of carbonyl (C=O) groups is 1. The number of allylic oxidation sites excluding steroid dienone is 1. The van der Waals surface area contributed by atoms with Crippen molar-refractivity contribution in [1.29, 1.82) is 0 Å². The first-order chi connectivity index (χ1) is 15.3. The van der Waals surface area contributed by atoms with Crippen molar-refractivity contribution < 1.29 is 9.53 Å². The molecule has 1 aromatic heterocycles. The first-order valence-corrected chi connectivity index (χ1v) is 11.4. The highest BCUT2D eigenvalue weighted by atomic mass is 16.5. The molecule has 170 valence electrons. The van der Waals surface area contributed by atoms with E-state index in [1.165, 1.54) is 5.57 Å². The minimum atomic E-state index is -0.674. The lowest BCUT2D eigenvalue weighted by Gasteiger charge is -2.31. The Balaban J connectivity index is 1.82. The molecular weight excluding hydrogens is 402 g/mol. The summed E-state index contributed by atoms with van der Waals surface area (Å²) in [5.41, 5.74) is 1.98. The van der Waals surface area contributed by atoms with Crippen molar-refractivity contribution in [2.24, 2.45) is 11.8 Å². The second kappa shape index (κ2) is 10.6. The maximum atomic E-state index is 13.2. The number of nitrogens with zero attached hydrogens (tertiary/aromatic N) is 2. The van der Waals surface area contributed by atoms with Gasteiger partial charge in [0, 0.05) is 12.5 Å². The molecule has 6 nitrogen and oxygen atoms in total. The van der Waals surface area contributed by atoms with Crippen molar-refractivity contribution in [3.05, 3.63) is 52.0 Å². The van der Waals surface area contributed by atoms with Crippen molar-refractivity contribution in [1.82, 2.24) is 14.9 Å². The summed E-state index contributed by atoms with van der Waals surface area (Å²) in [7, 11) is 0. The molecule has 2 atom stereocenters. The van der Waals surface area contributed by atoms with Gasteiger partial charge < -0.3 is 10.1 Å². The van der Waals surface area contributed by atoms with Gasteiger partial charge in [0.05, 0.1) is 29.7 Å². The van der Waals surface area contributed by atoms with Gasteiger partial charge in [-0.1, -0.05) is 57.7 Å². The van der Waals surface area contributed by atoms with Crippen LogP contribution in [-0.4, -0.2) is 34.7 Å². The van der Waals surface area contributed by atoms with Gasteiger partial charge in [-0.3, -0.25) is 9.36 Å². The Morgan fingerprint density at radius 2 is 2.00 bits per heavy atom. The second-order valence-electron chi connectivity index (χ2n) is 8.74. The van der Waals surface area contributed by atoms with Crippen LogP contribution in [0.1, 0.15) is 64.0 Å². The number of nitrogens with one attached hydrogen (secondary N) is 1. The Hall–Kier alpha value is -2.91. The lowest BCUT2D eigenvalue weighted by Crippen LogP contribution is -2.37. The fourth-order valence-corrected chi connectivity index (χ4v) is 3.81. The van der Waals surface area contributed by atoms with Gasteiger partial charge in [-0.25, -0.2) is 9.78 Å². The summed E-state index contributed by atoms with van der Waals surface area (Å²) in [4.78, 5) is 29.9. The highest BCUT2D eigenvalue weighted by molar-refractivity contribution is 5.89. The molecular formula is C26H33N3O3. The number of benzene rings is 1. The quantitative estimate of drug-likeness (QED) is 0.384. The highest BCUT2D eigenvalue weighted by Crippen LogP contribution is 2.35. The Morgan fingerprint density at radius 1 is 1.25 bits per heavy atom. The third-order valence-corrected chi connectivity index (χ3v) is 5.58. The van der Waals surface area contributed by atoms with Gasteiger partial charge >= 0.3 is 5.97 Å². The third kappa shape index (κ3) is 5.28. The number of fused-ring (bicyclic) bond motifs is 1. The standard InChI is InChI=1S/C26H33N3O3/c1-6-32-26(31)24-25(30)29(23-10-8-7-9-21(23)28-24)22-14-12-19(22)15-16-27-20(18(4)5)13-11-17(2)3/h7-10,12,17-18,20,22,27H,6,14-16H2,1-5H3/t20?,22-/m1/s1. The van der Waals surface area contributed by atoms with Crippen LogP contribution in [0, 0.1) is 23.7 Å². The summed E-state index contributed by atoms with van der Waals surface area (Å²) in [6.07, 6.45) is 3.74. The summed E-state index contributed by atoms with van der Waals surface area (Å²) in [6, 6.07) is 7.49. The van der Waals surface area contributed by atoms with Crippen LogP contribution < -0.4 is 10.9 Å². The van der Waals surface area contributed by atoms with E-state index in [1.54, 1.807) is 11.5 Å². The zero-order chi connectivity index (χ0) is 23.3. The fraction of sp³-hybridized carbons (Fsp3) is 0.500. The molecule has 1 aliphatic rings. The third-order valence-electron chi connectivity index (χ3n) is 5.58. The van der Waals surface area contributed by atoms with Gasteiger partial charge in [-0.2, -0.15) is 0 Å². The van der Waals surface area contributed by atoms with E-state index in [-0.39, 0.29) is 24.4 Å². The molecule has 0 bridgehead atoms. The van der Waals surface area contributed by atoms with Crippen LogP contribution in [0.15, 0.2) is 40.7 Å². The van der Waals surface area contributed by atoms with Crippen molar-refractivity contribution in [2.45, 2.75) is 59.5 Å². The molecule has 0 fully saturated rings. The molecule has 0 amide bonds. The predicted octanol–water partition coefficient (Wildman–Crippen LogP) is 4.11. The van der Waals surface area contributed by atoms with Gasteiger partial charge in [-0.05, 0) is 43.4 Å². The molecule has 0 saturated heterocycles. The highest BCUT2D eigenvalue weighted by Gasteiger charge is 2.28. The average Bonchev–Trinajstić information content (AvgIpc) is 2.73. The van der Waals surface area contributed by atoms with Gasteiger partial charge in [-0.15, -0.1) is 0 Å². The van der Waals surface area contributed by atoms with Crippen LogP contribution in [0.2, 0.25) is 0 Å². The van der Waals surface area contributed by atoms with Gasteiger partial charge in [0.15, 0.2) is 0 Å². The molecule has 0 spiro atoms. The normalized spacial score (nSPS) is 16.3. The number of para-hydroxylation sites is 2. The van der Waals surface area contributed by atoms with E-state index < -0.39 is 11.5 Å². The summed E-state index contributed by atoms with van der Waals surface area (Å²) in [5.74, 6) is 6.68. The number of rotatable bonds is 8. The molecule has 0 radical (unpaired) electrons. The minimum absolute atomic E-state index is 0.0791. The van der Waals surface area contributed by atoms with Crippen LogP contribution in [0.5, 0.6) is 0 Å². The maximum absolute atomic E-state index is 13.2. The molecule has 0 saturated carbocycles. The lowest BCUT2D eigenvalue weighted by atomic mass is 9.88. The Kier molecular flexibility index (Phi) is 7.87. The van der Waals surface area contributed by atoms with E-state index in [9.17, 15) is 9.59 Å². The van der Waals surface area contributed by atoms with E-state index in [2.05, 4.69) is 55.9 Å². The first kappa shape index (κ1) is 23.7. The van der Waals surface area contributed by atoms with E-state index in [4.69, 9.17) is 4.74 Å². The van der Waals surface area contributed by atoms with E-state index >= 15 is 0 Å².